The van der Waals surface area contributed by atoms with Gasteiger partial charge < -0.3 is 14.2 Å². The Balaban J connectivity index is 1.89. The number of carbonyl (C=O) groups is 1. The Labute approximate surface area is 171 Å². The number of benzene rings is 2. The molecule has 0 aliphatic carbocycles. The van der Waals surface area contributed by atoms with Gasteiger partial charge in [0, 0.05) is 23.1 Å². The number of rotatable bonds is 4. The Hall–Kier alpha value is -2.82. The van der Waals surface area contributed by atoms with Crippen molar-refractivity contribution in [3.63, 3.8) is 0 Å². The molecule has 0 bridgehead atoms. The van der Waals surface area contributed by atoms with Crippen LogP contribution in [0.3, 0.4) is 0 Å². The standard InChI is InChI=1S/C24H27NO4/c1-23(2)12-16-11-18(28-14-19(26)27-5)22-17(13-24(3,4)29-22)20(16)21(25-23)15-9-7-6-8-10-15/h6-11H,12-14H2,1-5H3. The highest BCUT2D eigenvalue weighted by Crippen LogP contribution is 2.48. The number of nitrogens with zero attached hydrogens (tertiary/aromatic N) is 1. The Morgan fingerprint density at radius 3 is 2.55 bits per heavy atom. The SMILES string of the molecule is COC(=O)COc1cc2c(c3c1OC(C)(C)C3)C(c1ccccc1)=NC(C)(C)C2. The third kappa shape index (κ3) is 3.74. The minimum absolute atomic E-state index is 0.144. The van der Waals surface area contributed by atoms with Crippen LogP contribution in [-0.4, -0.2) is 36.5 Å². The number of carbonyl (C=O) groups excluding carboxylic acids is 1. The monoisotopic (exact) mass is 393 g/mol. The maximum absolute atomic E-state index is 11.6. The van der Waals surface area contributed by atoms with Crippen molar-refractivity contribution >= 4 is 11.7 Å². The molecule has 0 fully saturated rings. The number of hydrogen-bond donors (Lipinski definition) is 0. The number of esters is 1. The fourth-order valence-electron chi connectivity index (χ4n) is 4.18. The van der Waals surface area contributed by atoms with Crippen molar-refractivity contribution in [3.05, 3.63) is 58.7 Å². The summed E-state index contributed by atoms with van der Waals surface area (Å²) in [5.74, 6) is 0.890. The second-order valence-electron chi connectivity index (χ2n) is 8.94. The van der Waals surface area contributed by atoms with Crippen molar-refractivity contribution in [3.8, 4) is 11.5 Å². The molecule has 0 unspecified atom stereocenters. The van der Waals surface area contributed by atoms with Crippen LogP contribution < -0.4 is 9.47 Å². The first-order chi connectivity index (χ1) is 13.7. The first kappa shape index (κ1) is 19.5. The summed E-state index contributed by atoms with van der Waals surface area (Å²) < 4.78 is 16.8. The number of aliphatic imine (C=N–C) groups is 1. The van der Waals surface area contributed by atoms with Crippen LogP contribution >= 0.6 is 0 Å². The van der Waals surface area contributed by atoms with Crippen LogP contribution in [0.25, 0.3) is 0 Å². The molecule has 2 aliphatic rings. The van der Waals surface area contributed by atoms with E-state index in [1.165, 1.54) is 12.7 Å². The van der Waals surface area contributed by atoms with E-state index in [1.807, 2.05) is 24.3 Å². The van der Waals surface area contributed by atoms with E-state index in [4.69, 9.17) is 19.2 Å². The van der Waals surface area contributed by atoms with Crippen LogP contribution in [0.1, 0.15) is 49.9 Å². The average Bonchev–Trinajstić information content (AvgIpc) is 3.00. The lowest BCUT2D eigenvalue weighted by atomic mass is 9.81. The Morgan fingerprint density at radius 1 is 1.14 bits per heavy atom. The predicted molar refractivity (Wildman–Crippen MR) is 112 cm³/mol. The van der Waals surface area contributed by atoms with Crippen LogP contribution in [-0.2, 0) is 22.4 Å². The van der Waals surface area contributed by atoms with Gasteiger partial charge in [0.25, 0.3) is 0 Å². The largest absolute Gasteiger partial charge is 0.483 e. The summed E-state index contributed by atoms with van der Waals surface area (Å²) in [5.41, 5.74) is 4.91. The number of methoxy groups -OCH3 is 1. The lowest BCUT2D eigenvalue weighted by Gasteiger charge is -2.31. The summed E-state index contributed by atoms with van der Waals surface area (Å²) in [6.45, 7) is 8.27. The summed E-state index contributed by atoms with van der Waals surface area (Å²) in [5, 5.41) is 0. The predicted octanol–water partition coefficient (Wildman–Crippen LogP) is 4.12. The second-order valence-corrected chi connectivity index (χ2v) is 8.94. The van der Waals surface area contributed by atoms with Gasteiger partial charge in [-0.25, -0.2) is 4.79 Å². The van der Waals surface area contributed by atoms with E-state index < -0.39 is 5.97 Å². The molecule has 2 aromatic rings. The molecule has 0 atom stereocenters. The molecule has 2 heterocycles. The van der Waals surface area contributed by atoms with Gasteiger partial charge >= 0.3 is 5.97 Å². The van der Waals surface area contributed by atoms with Gasteiger partial charge in [-0.3, -0.25) is 4.99 Å². The highest BCUT2D eigenvalue weighted by Gasteiger charge is 2.39. The molecule has 2 aromatic carbocycles. The first-order valence-electron chi connectivity index (χ1n) is 9.92. The number of ether oxygens (including phenoxy) is 3. The average molecular weight is 393 g/mol. The van der Waals surface area contributed by atoms with E-state index in [-0.39, 0.29) is 17.7 Å². The van der Waals surface area contributed by atoms with Crippen molar-refractivity contribution < 1.29 is 19.0 Å². The summed E-state index contributed by atoms with van der Waals surface area (Å²) in [6.07, 6.45) is 1.55. The molecule has 0 aromatic heterocycles. The van der Waals surface area contributed by atoms with Crippen LogP contribution in [0.15, 0.2) is 41.4 Å². The van der Waals surface area contributed by atoms with Crippen LogP contribution in [0, 0.1) is 0 Å². The minimum Gasteiger partial charge on any atom is -0.483 e. The molecule has 4 rings (SSSR count). The number of fused-ring (bicyclic) bond motifs is 3. The van der Waals surface area contributed by atoms with Crippen molar-refractivity contribution in [2.75, 3.05) is 13.7 Å². The highest BCUT2D eigenvalue weighted by atomic mass is 16.6. The van der Waals surface area contributed by atoms with Crippen LogP contribution in [0.2, 0.25) is 0 Å². The van der Waals surface area contributed by atoms with E-state index in [0.29, 0.717) is 11.5 Å². The van der Waals surface area contributed by atoms with Gasteiger partial charge in [-0.15, -0.1) is 0 Å². The fourth-order valence-corrected chi connectivity index (χ4v) is 4.18. The molecule has 29 heavy (non-hydrogen) atoms. The highest BCUT2D eigenvalue weighted by molar-refractivity contribution is 6.16. The summed E-state index contributed by atoms with van der Waals surface area (Å²) >= 11 is 0. The Morgan fingerprint density at radius 2 is 1.86 bits per heavy atom. The summed E-state index contributed by atoms with van der Waals surface area (Å²) in [7, 11) is 1.35. The molecule has 152 valence electrons. The topological polar surface area (TPSA) is 57.1 Å². The van der Waals surface area contributed by atoms with E-state index in [1.54, 1.807) is 0 Å². The molecule has 0 saturated carbocycles. The molecule has 0 N–H and O–H groups in total. The van der Waals surface area contributed by atoms with E-state index in [9.17, 15) is 4.79 Å². The van der Waals surface area contributed by atoms with E-state index >= 15 is 0 Å². The van der Waals surface area contributed by atoms with Crippen molar-refractivity contribution in [1.82, 2.24) is 0 Å². The maximum Gasteiger partial charge on any atom is 0.343 e. The van der Waals surface area contributed by atoms with Gasteiger partial charge in [0.1, 0.15) is 5.60 Å². The molecular formula is C24H27NO4. The molecule has 0 saturated heterocycles. The maximum atomic E-state index is 11.6. The molecule has 5 nitrogen and oxygen atoms in total. The Bertz CT molecular complexity index is 990. The zero-order valence-corrected chi connectivity index (χ0v) is 17.7. The van der Waals surface area contributed by atoms with Gasteiger partial charge in [0.05, 0.1) is 18.4 Å². The molecule has 0 spiro atoms. The minimum atomic E-state index is -0.416. The van der Waals surface area contributed by atoms with E-state index in [2.05, 4.69) is 39.8 Å². The lowest BCUT2D eigenvalue weighted by molar-refractivity contribution is -0.142. The Kier molecular flexibility index (Phi) is 4.64. The van der Waals surface area contributed by atoms with Gasteiger partial charge in [0.15, 0.2) is 18.1 Å². The van der Waals surface area contributed by atoms with Gasteiger partial charge in [-0.1, -0.05) is 30.3 Å². The summed E-state index contributed by atoms with van der Waals surface area (Å²) in [6, 6.07) is 12.3. The zero-order valence-electron chi connectivity index (χ0n) is 17.7. The quantitative estimate of drug-likeness (QED) is 0.733. The molecule has 2 aliphatic heterocycles. The van der Waals surface area contributed by atoms with Gasteiger partial charge in [-0.2, -0.15) is 0 Å². The smallest absolute Gasteiger partial charge is 0.343 e. The van der Waals surface area contributed by atoms with Crippen molar-refractivity contribution in [1.29, 1.82) is 0 Å². The third-order valence-corrected chi connectivity index (χ3v) is 5.30. The third-order valence-electron chi connectivity index (χ3n) is 5.30. The molecular weight excluding hydrogens is 366 g/mol. The normalized spacial score (nSPS) is 18.2. The molecule has 5 heteroatoms. The summed E-state index contributed by atoms with van der Waals surface area (Å²) in [4.78, 5) is 16.7. The van der Waals surface area contributed by atoms with Crippen molar-refractivity contribution in [2.24, 2.45) is 4.99 Å². The second kappa shape index (κ2) is 6.90. The van der Waals surface area contributed by atoms with Crippen LogP contribution in [0.5, 0.6) is 11.5 Å². The van der Waals surface area contributed by atoms with E-state index in [0.717, 1.165) is 35.2 Å². The van der Waals surface area contributed by atoms with Gasteiger partial charge in [-0.05, 0) is 45.7 Å². The van der Waals surface area contributed by atoms with Crippen LogP contribution in [0.4, 0.5) is 0 Å². The molecule has 0 radical (unpaired) electrons. The first-order valence-corrected chi connectivity index (χ1v) is 9.92. The zero-order chi connectivity index (χ0) is 20.8. The molecule has 0 amide bonds. The number of hydrogen-bond acceptors (Lipinski definition) is 5. The van der Waals surface area contributed by atoms with Gasteiger partial charge in [0.2, 0.25) is 0 Å². The lowest BCUT2D eigenvalue weighted by Crippen LogP contribution is -2.30. The fraction of sp³-hybridized carbons (Fsp3) is 0.417. The van der Waals surface area contributed by atoms with Crippen molar-refractivity contribution in [2.45, 2.75) is 51.7 Å².